The highest BCUT2D eigenvalue weighted by Crippen LogP contribution is 2.34. The number of aliphatic imine (C=N–C) groups is 1. The predicted octanol–water partition coefficient (Wildman–Crippen LogP) is 4.71. The number of fused-ring (bicyclic) bond motifs is 2. The van der Waals surface area contributed by atoms with Gasteiger partial charge in [-0.15, -0.1) is 0 Å². The van der Waals surface area contributed by atoms with Gasteiger partial charge in [0.1, 0.15) is 0 Å². The van der Waals surface area contributed by atoms with Gasteiger partial charge in [0.2, 0.25) is 0 Å². The van der Waals surface area contributed by atoms with Gasteiger partial charge in [-0.2, -0.15) is 0 Å². The Labute approximate surface area is 142 Å². The first kappa shape index (κ1) is 14.9. The zero-order valence-corrected chi connectivity index (χ0v) is 14.2. The molecule has 0 N–H and O–H groups in total. The molecule has 0 radical (unpaired) electrons. The second-order valence-electron chi connectivity index (χ2n) is 6.68. The quantitative estimate of drug-likeness (QED) is 0.742. The third-order valence-electron chi connectivity index (χ3n) is 5.07. The summed E-state index contributed by atoms with van der Waals surface area (Å²) in [5.74, 6) is 0.539. The molecule has 2 heterocycles. The van der Waals surface area contributed by atoms with Crippen molar-refractivity contribution in [2.75, 3.05) is 20.1 Å². The first-order valence-electron chi connectivity index (χ1n) is 8.34. The van der Waals surface area contributed by atoms with Crippen LogP contribution < -0.4 is 0 Å². The number of rotatable bonds is 1. The summed E-state index contributed by atoms with van der Waals surface area (Å²) in [7, 11) is 2.20. The molecular formula is C20H21ClN2. The topological polar surface area (TPSA) is 15.6 Å². The Balaban J connectivity index is 1.83. The molecule has 4 rings (SSSR count). The minimum absolute atomic E-state index is 0.539. The van der Waals surface area contributed by atoms with E-state index in [1.165, 1.54) is 35.2 Å². The minimum atomic E-state index is 0.539. The van der Waals surface area contributed by atoms with E-state index in [9.17, 15) is 0 Å². The molecule has 0 saturated carbocycles. The summed E-state index contributed by atoms with van der Waals surface area (Å²) >= 11 is 6.22. The van der Waals surface area contributed by atoms with Crippen LogP contribution in [0.15, 0.2) is 47.5 Å². The average molecular weight is 325 g/mol. The maximum absolute atomic E-state index is 6.22. The Bertz CT molecular complexity index is 758. The lowest BCUT2D eigenvalue weighted by Crippen LogP contribution is -2.34. The molecule has 0 amide bonds. The number of likely N-dealkylation sites (tertiary alicyclic amines) is 1. The third-order valence-corrected chi connectivity index (χ3v) is 5.30. The van der Waals surface area contributed by atoms with E-state index in [-0.39, 0.29) is 0 Å². The number of halogens is 1. The van der Waals surface area contributed by atoms with Crippen LogP contribution in [0, 0.1) is 5.92 Å². The summed E-state index contributed by atoms with van der Waals surface area (Å²) in [4.78, 5) is 7.51. The molecule has 0 aromatic heterocycles. The number of hydrogen-bond donors (Lipinski definition) is 0. The summed E-state index contributed by atoms with van der Waals surface area (Å²) in [6.07, 6.45) is 3.29. The van der Waals surface area contributed by atoms with Crippen molar-refractivity contribution in [2.24, 2.45) is 10.9 Å². The summed E-state index contributed by atoms with van der Waals surface area (Å²) < 4.78 is 0. The van der Waals surface area contributed by atoms with Gasteiger partial charge < -0.3 is 4.90 Å². The molecule has 1 saturated heterocycles. The van der Waals surface area contributed by atoms with Crippen molar-refractivity contribution < 1.29 is 0 Å². The normalized spacial score (nSPS) is 18.8. The molecule has 0 aliphatic carbocycles. The molecule has 1 fully saturated rings. The van der Waals surface area contributed by atoms with Gasteiger partial charge in [0.15, 0.2) is 0 Å². The molecular weight excluding hydrogens is 304 g/mol. The van der Waals surface area contributed by atoms with E-state index >= 15 is 0 Å². The van der Waals surface area contributed by atoms with Crippen LogP contribution in [0.25, 0.3) is 0 Å². The van der Waals surface area contributed by atoms with Crippen LogP contribution in [0.2, 0.25) is 5.02 Å². The molecule has 0 unspecified atom stereocenters. The number of hydrogen-bond acceptors (Lipinski definition) is 2. The lowest BCUT2D eigenvalue weighted by molar-refractivity contribution is 0.252. The van der Waals surface area contributed by atoms with Crippen molar-refractivity contribution in [3.63, 3.8) is 0 Å². The van der Waals surface area contributed by atoms with Gasteiger partial charge in [0.25, 0.3) is 0 Å². The zero-order chi connectivity index (χ0) is 15.8. The molecule has 2 aliphatic rings. The maximum atomic E-state index is 6.22. The smallest absolute Gasteiger partial charge is 0.0683 e. The minimum Gasteiger partial charge on any atom is -0.306 e. The Hall–Kier alpha value is -1.64. The fraction of sp³-hybridized carbons (Fsp3) is 0.350. The van der Waals surface area contributed by atoms with Gasteiger partial charge in [0, 0.05) is 17.4 Å². The summed E-state index contributed by atoms with van der Waals surface area (Å²) in [5, 5.41) is 0.765. The van der Waals surface area contributed by atoms with Gasteiger partial charge in [-0.25, -0.2) is 0 Å². The van der Waals surface area contributed by atoms with Crippen molar-refractivity contribution in [1.82, 2.24) is 4.90 Å². The van der Waals surface area contributed by atoms with Crippen LogP contribution in [0.3, 0.4) is 0 Å². The molecule has 23 heavy (non-hydrogen) atoms. The van der Waals surface area contributed by atoms with E-state index in [1.54, 1.807) is 0 Å². The molecule has 3 heteroatoms. The molecule has 118 valence electrons. The van der Waals surface area contributed by atoms with Gasteiger partial charge in [-0.1, -0.05) is 41.9 Å². The van der Waals surface area contributed by atoms with E-state index in [1.807, 2.05) is 12.1 Å². The number of nitrogens with zero attached hydrogens (tertiary/aromatic N) is 2. The zero-order valence-electron chi connectivity index (χ0n) is 13.4. The van der Waals surface area contributed by atoms with Crippen molar-refractivity contribution in [3.8, 4) is 0 Å². The number of piperidine rings is 1. The van der Waals surface area contributed by atoms with Crippen molar-refractivity contribution in [2.45, 2.75) is 19.3 Å². The van der Waals surface area contributed by atoms with Crippen molar-refractivity contribution in [3.05, 3.63) is 64.2 Å². The molecule has 2 aliphatic heterocycles. The van der Waals surface area contributed by atoms with E-state index in [2.05, 4.69) is 42.3 Å². The van der Waals surface area contributed by atoms with E-state index in [4.69, 9.17) is 16.6 Å². The van der Waals surface area contributed by atoms with Gasteiger partial charge in [-0.3, -0.25) is 4.99 Å². The van der Waals surface area contributed by atoms with Crippen LogP contribution in [0.5, 0.6) is 0 Å². The van der Waals surface area contributed by atoms with Crippen LogP contribution in [-0.2, 0) is 6.42 Å². The summed E-state index contributed by atoms with van der Waals surface area (Å²) in [5.41, 5.74) is 6.28. The second-order valence-corrected chi connectivity index (χ2v) is 7.12. The number of benzene rings is 2. The third kappa shape index (κ3) is 2.93. The second kappa shape index (κ2) is 6.10. The molecule has 0 spiro atoms. The molecule has 0 atom stereocenters. The van der Waals surface area contributed by atoms with Crippen LogP contribution in [0.4, 0.5) is 5.69 Å². The van der Waals surface area contributed by atoms with Gasteiger partial charge in [-0.05, 0) is 61.8 Å². The maximum Gasteiger partial charge on any atom is 0.0683 e. The first-order valence-corrected chi connectivity index (χ1v) is 8.72. The average Bonchev–Trinajstić information content (AvgIpc) is 2.72. The fourth-order valence-corrected chi connectivity index (χ4v) is 3.87. The van der Waals surface area contributed by atoms with Crippen LogP contribution in [0.1, 0.15) is 29.5 Å². The Morgan fingerprint density at radius 3 is 2.65 bits per heavy atom. The molecule has 2 nitrogen and oxygen atoms in total. The first-order chi connectivity index (χ1) is 11.2. The van der Waals surface area contributed by atoms with Crippen LogP contribution >= 0.6 is 11.6 Å². The highest BCUT2D eigenvalue weighted by atomic mass is 35.5. The van der Waals surface area contributed by atoms with E-state index in [0.717, 1.165) is 30.2 Å². The van der Waals surface area contributed by atoms with Crippen LogP contribution in [-0.4, -0.2) is 30.7 Å². The Morgan fingerprint density at radius 1 is 1.04 bits per heavy atom. The summed E-state index contributed by atoms with van der Waals surface area (Å²) in [6, 6.07) is 14.8. The fourth-order valence-electron chi connectivity index (χ4n) is 3.70. The van der Waals surface area contributed by atoms with E-state index < -0.39 is 0 Å². The standard InChI is InChI=1S/C20H21ClN2/c1-23-10-8-14(9-11-23)20-18-5-3-2-4-15(18)12-16-6-7-17(21)13-19(16)22-20/h2-7,13-14H,8-12H2,1H3. The van der Waals surface area contributed by atoms with Gasteiger partial charge >= 0.3 is 0 Å². The van der Waals surface area contributed by atoms with Gasteiger partial charge in [0.05, 0.1) is 11.4 Å². The summed E-state index contributed by atoms with van der Waals surface area (Å²) in [6.45, 7) is 2.29. The lowest BCUT2D eigenvalue weighted by Gasteiger charge is -2.30. The molecule has 0 bridgehead atoms. The van der Waals surface area contributed by atoms with Crippen molar-refractivity contribution >= 4 is 23.0 Å². The monoisotopic (exact) mass is 324 g/mol. The molecule has 2 aromatic rings. The Kier molecular flexibility index (Phi) is 3.96. The molecule has 2 aromatic carbocycles. The van der Waals surface area contributed by atoms with E-state index in [0.29, 0.717) is 5.92 Å². The largest absolute Gasteiger partial charge is 0.306 e. The van der Waals surface area contributed by atoms with Crippen molar-refractivity contribution in [1.29, 1.82) is 0 Å². The Morgan fingerprint density at radius 2 is 1.83 bits per heavy atom. The highest BCUT2D eigenvalue weighted by molar-refractivity contribution is 6.30. The predicted molar refractivity (Wildman–Crippen MR) is 97.1 cm³/mol. The SMILES string of the molecule is CN1CCC(C2=Nc3cc(Cl)ccc3Cc3ccccc32)CC1. The highest BCUT2D eigenvalue weighted by Gasteiger charge is 2.26. The lowest BCUT2D eigenvalue weighted by atomic mass is 9.86.